The van der Waals surface area contributed by atoms with Gasteiger partial charge in [-0.3, -0.25) is 14.9 Å². The summed E-state index contributed by atoms with van der Waals surface area (Å²) in [5.74, 6) is -0.00859. The lowest BCUT2D eigenvalue weighted by Crippen LogP contribution is -2.17. The van der Waals surface area contributed by atoms with Gasteiger partial charge in [-0.25, -0.2) is 5.43 Å². The van der Waals surface area contributed by atoms with Gasteiger partial charge in [0.1, 0.15) is 0 Å². The van der Waals surface area contributed by atoms with Crippen molar-refractivity contribution in [1.82, 2.24) is 5.43 Å². The Morgan fingerprint density at radius 2 is 2.04 bits per heavy atom. The first-order chi connectivity index (χ1) is 12.0. The first kappa shape index (κ1) is 19.1. The molecule has 0 aliphatic carbocycles. The monoisotopic (exact) mass is 423 g/mol. The van der Waals surface area contributed by atoms with Crippen LogP contribution in [0.1, 0.15) is 15.9 Å². The third-order valence-electron chi connectivity index (χ3n) is 3.01. The Balaban J connectivity index is 2.07. The standard InChI is InChI=1S/C16H14BrN3O4S/c17-13-4-2-12(3-5-13)16(22)19-18-10-11-1-6-15(25-8-7-21)14(9-11)20(23)24/h1-6,9-10,21H,7-8H2,(H,19,22)/b18-10-. The van der Waals surface area contributed by atoms with Crippen molar-refractivity contribution in [1.29, 1.82) is 0 Å². The smallest absolute Gasteiger partial charge is 0.283 e. The Kier molecular flexibility index (Phi) is 7.11. The molecule has 0 fully saturated rings. The molecule has 25 heavy (non-hydrogen) atoms. The molecular weight excluding hydrogens is 410 g/mol. The number of thioether (sulfide) groups is 1. The molecule has 1 amide bonds. The molecule has 2 N–H and O–H groups in total. The molecule has 0 saturated heterocycles. The summed E-state index contributed by atoms with van der Waals surface area (Å²) in [6.07, 6.45) is 1.34. The molecule has 0 heterocycles. The van der Waals surface area contributed by atoms with Crippen LogP contribution in [0.15, 0.2) is 56.9 Å². The Hall–Kier alpha value is -2.23. The number of rotatable bonds is 7. The molecule has 0 saturated carbocycles. The third-order valence-corrected chi connectivity index (χ3v) is 4.59. The van der Waals surface area contributed by atoms with E-state index in [1.165, 1.54) is 24.0 Å². The molecule has 2 aromatic rings. The Bertz CT molecular complexity index is 796. The van der Waals surface area contributed by atoms with Gasteiger partial charge < -0.3 is 5.11 Å². The largest absolute Gasteiger partial charge is 0.396 e. The second-order valence-corrected chi connectivity index (χ2v) is 6.81. The minimum absolute atomic E-state index is 0.0624. The van der Waals surface area contributed by atoms with Crippen LogP contribution >= 0.6 is 27.7 Å². The van der Waals surface area contributed by atoms with Crippen molar-refractivity contribution in [2.75, 3.05) is 12.4 Å². The number of nitro groups is 1. The highest BCUT2D eigenvalue weighted by Crippen LogP contribution is 2.29. The van der Waals surface area contributed by atoms with Crippen LogP contribution in [-0.4, -0.2) is 34.5 Å². The van der Waals surface area contributed by atoms with Crippen LogP contribution < -0.4 is 5.43 Å². The van der Waals surface area contributed by atoms with Crippen LogP contribution in [0.5, 0.6) is 0 Å². The minimum atomic E-state index is -0.489. The highest BCUT2D eigenvalue weighted by atomic mass is 79.9. The number of hydrazone groups is 1. The maximum absolute atomic E-state index is 11.9. The summed E-state index contributed by atoms with van der Waals surface area (Å²) in [6, 6.07) is 11.4. The predicted octanol–water partition coefficient (Wildman–Crippen LogP) is 3.21. The van der Waals surface area contributed by atoms with Crippen LogP contribution in [0.3, 0.4) is 0 Å². The summed E-state index contributed by atoms with van der Waals surface area (Å²) in [4.78, 5) is 23.0. The van der Waals surface area contributed by atoms with E-state index in [1.54, 1.807) is 36.4 Å². The molecule has 0 unspecified atom stereocenters. The molecule has 0 aliphatic rings. The van der Waals surface area contributed by atoms with Gasteiger partial charge >= 0.3 is 0 Å². The molecule has 0 aromatic heterocycles. The molecule has 9 heteroatoms. The fourth-order valence-corrected chi connectivity index (χ4v) is 2.89. The second kappa shape index (κ2) is 9.30. The van der Waals surface area contributed by atoms with Gasteiger partial charge in [0.05, 0.1) is 22.6 Å². The van der Waals surface area contributed by atoms with E-state index in [0.29, 0.717) is 21.8 Å². The Labute approximate surface area is 156 Å². The maximum Gasteiger partial charge on any atom is 0.283 e. The number of nitrogens with one attached hydrogen (secondary N) is 1. The first-order valence-corrected chi connectivity index (χ1v) is 8.90. The number of nitrogens with zero attached hydrogens (tertiary/aromatic N) is 2. The molecule has 0 aliphatic heterocycles. The van der Waals surface area contributed by atoms with E-state index in [4.69, 9.17) is 5.11 Å². The lowest BCUT2D eigenvalue weighted by Gasteiger charge is -2.03. The van der Waals surface area contributed by atoms with Crippen molar-refractivity contribution >= 4 is 45.5 Å². The SMILES string of the molecule is O=C(N/N=C\c1ccc(SCCO)c([N+](=O)[O-])c1)c1ccc(Br)cc1. The van der Waals surface area contributed by atoms with Gasteiger partial charge in [0.2, 0.25) is 0 Å². The zero-order valence-electron chi connectivity index (χ0n) is 12.9. The molecule has 2 rings (SSSR count). The minimum Gasteiger partial charge on any atom is -0.396 e. The molecule has 2 aromatic carbocycles. The maximum atomic E-state index is 11.9. The van der Waals surface area contributed by atoms with Gasteiger partial charge in [-0.15, -0.1) is 11.8 Å². The summed E-state index contributed by atoms with van der Waals surface area (Å²) in [7, 11) is 0. The van der Waals surface area contributed by atoms with Crippen molar-refractivity contribution in [3.05, 3.63) is 68.2 Å². The van der Waals surface area contributed by atoms with E-state index in [9.17, 15) is 14.9 Å². The van der Waals surface area contributed by atoms with E-state index in [-0.39, 0.29) is 18.2 Å². The molecule has 7 nitrogen and oxygen atoms in total. The quantitative estimate of drug-likeness (QED) is 0.307. The van der Waals surface area contributed by atoms with Crippen LogP contribution in [-0.2, 0) is 0 Å². The number of amides is 1. The van der Waals surface area contributed by atoms with Gasteiger partial charge in [-0.2, -0.15) is 5.10 Å². The van der Waals surface area contributed by atoms with Crippen molar-refractivity contribution in [3.63, 3.8) is 0 Å². The van der Waals surface area contributed by atoms with E-state index in [2.05, 4.69) is 26.5 Å². The number of carbonyl (C=O) groups excluding carboxylic acids is 1. The second-order valence-electron chi connectivity index (χ2n) is 4.76. The van der Waals surface area contributed by atoms with Gasteiger partial charge in [0.15, 0.2) is 0 Å². The van der Waals surface area contributed by atoms with Crippen molar-refractivity contribution in [2.45, 2.75) is 4.90 Å². The van der Waals surface area contributed by atoms with Gasteiger partial charge in [0.25, 0.3) is 11.6 Å². The van der Waals surface area contributed by atoms with Gasteiger partial charge in [-0.05, 0) is 30.3 Å². The molecule has 0 radical (unpaired) electrons. The molecule has 130 valence electrons. The topological polar surface area (TPSA) is 105 Å². The van der Waals surface area contributed by atoms with Crippen LogP contribution in [0.4, 0.5) is 5.69 Å². The van der Waals surface area contributed by atoms with Crippen molar-refractivity contribution in [2.24, 2.45) is 5.10 Å². The number of aliphatic hydroxyl groups excluding tert-OH is 1. The highest BCUT2D eigenvalue weighted by Gasteiger charge is 2.14. The number of hydrogen-bond donors (Lipinski definition) is 2. The number of halogens is 1. The van der Waals surface area contributed by atoms with Crippen LogP contribution in [0.25, 0.3) is 0 Å². The Morgan fingerprint density at radius 3 is 2.68 bits per heavy atom. The van der Waals surface area contributed by atoms with Crippen molar-refractivity contribution < 1.29 is 14.8 Å². The summed E-state index contributed by atoms with van der Waals surface area (Å²) in [5, 5.41) is 23.8. The number of hydrogen-bond acceptors (Lipinski definition) is 6. The molecular formula is C16H14BrN3O4S. The van der Waals surface area contributed by atoms with E-state index >= 15 is 0 Å². The first-order valence-electron chi connectivity index (χ1n) is 7.12. The summed E-state index contributed by atoms with van der Waals surface area (Å²) >= 11 is 4.49. The summed E-state index contributed by atoms with van der Waals surface area (Å²) in [6.45, 7) is -0.0624. The van der Waals surface area contributed by atoms with E-state index in [0.717, 1.165) is 4.47 Å². The highest BCUT2D eigenvalue weighted by molar-refractivity contribution is 9.10. The fourth-order valence-electron chi connectivity index (χ4n) is 1.87. The summed E-state index contributed by atoms with van der Waals surface area (Å²) < 4.78 is 0.860. The molecule has 0 bridgehead atoms. The fraction of sp³-hybridized carbons (Fsp3) is 0.125. The lowest BCUT2D eigenvalue weighted by molar-refractivity contribution is -0.387. The van der Waals surface area contributed by atoms with Crippen LogP contribution in [0, 0.1) is 10.1 Å². The number of benzene rings is 2. The van der Waals surface area contributed by atoms with Crippen molar-refractivity contribution in [3.8, 4) is 0 Å². The lowest BCUT2D eigenvalue weighted by atomic mass is 10.2. The zero-order chi connectivity index (χ0) is 18.2. The number of aliphatic hydroxyl groups is 1. The van der Waals surface area contributed by atoms with E-state index in [1.807, 2.05) is 0 Å². The molecule has 0 atom stereocenters. The normalized spacial score (nSPS) is 10.8. The average molecular weight is 424 g/mol. The zero-order valence-corrected chi connectivity index (χ0v) is 15.3. The van der Waals surface area contributed by atoms with Gasteiger partial charge in [0, 0.05) is 27.4 Å². The Morgan fingerprint density at radius 1 is 1.32 bits per heavy atom. The number of carbonyl (C=O) groups is 1. The average Bonchev–Trinajstić information content (AvgIpc) is 2.60. The summed E-state index contributed by atoms with van der Waals surface area (Å²) in [5.41, 5.74) is 3.23. The number of nitro benzene ring substituents is 1. The van der Waals surface area contributed by atoms with Crippen LogP contribution in [0.2, 0.25) is 0 Å². The molecule has 0 spiro atoms. The third kappa shape index (κ3) is 5.66. The van der Waals surface area contributed by atoms with Gasteiger partial charge in [-0.1, -0.05) is 22.0 Å². The predicted molar refractivity (Wildman–Crippen MR) is 100 cm³/mol. The van der Waals surface area contributed by atoms with E-state index < -0.39 is 4.92 Å².